The van der Waals surface area contributed by atoms with Crippen molar-refractivity contribution in [2.24, 2.45) is 11.7 Å². The Balaban J connectivity index is 2.16. The van der Waals surface area contributed by atoms with E-state index < -0.39 is 0 Å². The lowest BCUT2D eigenvalue weighted by molar-refractivity contribution is -0.138. The van der Waals surface area contributed by atoms with Gasteiger partial charge in [0, 0.05) is 19.5 Å². The summed E-state index contributed by atoms with van der Waals surface area (Å²) in [6.45, 7) is 3.52. The zero-order chi connectivity index (χ0) is 9.47. The SMILES string of the molecule is CCC(=O)N1CCC2CCC21CN. The second-order valence-corrected chi connectivity index (χ2v) is 4.23. The summed E-state index contributed by atoms with van der Waals surface area (Å²) in [5.41, 5.74) is 5.88. The number of hydrogen-bond donors (Lipinski definition) is 1. The zero-order valence-corrected chi connectivity index (χ0v) is 8.25. The Hall–Kier alpha value is -0.570. The molecule has 2 unspecified atom stereocenters. The van der Waals surface area contributed by atoms with Gasteiger partial charge in [-0.15, -0.1) is 0 Å². The molecule has 1 aliphatic heterocycles. The summed E-state index contributed by atoms with van der Waals surface area (Å²) in [5.74, 6) is 0.987. The molecule has 0 spiro atoms. The van der Waals surface area contributed by atoms with Crippen LogP contribution in [0.25, 0.3) is 0 Å². The Kier molecular flexibility index (Phi) is 2.06. The molecule has 3 nitrogen and oxygen atoms in total. The number of hydrogen-bond acceptors (Lipinski definition) is 2. The Labute approximate surface area is 79.3 Å². The van der Waals surface area contributed by atoms with Gasteiger partial charge in [0.25, 0.3) is 0 Å². The summed E-state index contributed by atoms with van der Waals surface area (Å²) in [6, 6.07) is 0. The fraction of sp³-hybridized carbons (Fsp3) is 0.900. The fourth-order valence-corrected chi connectivity index (χ4v) is 2.90. The van der Waals surface area contributed by atoms with Crippen molar-refractivity contribution in [3.8, 4) is 0 Å². The number of rotatable bonds is 2. The first-order valence-corrected chi connectivity index (χ1v) is 5.25. The molecule has 74 valence electrons. The Morgan fingerprint density at radius 1 is 1.62 bits per heavy atom. The maximum absolute atomic E-state index is 11.6. The molecule has 0 aromatic rings. The highest BCUT2D eigenvalue weighted by Gasteiger charge is 2.55. The van der Waals surface area contributed by atoms with Gasteiger partial charge in [-0.3, -0.25) is 4.79 Å². The van der Waals surface area contributed by atoms with E-state index >= 15 is 0 Å². The van der Waals surface area contributed by atoms with Gasteiger partial charge in [0.2, 0.25) is 5.91 Å². The minimum Gasteiger partial charge on any atom is -0.335 e. The van der Waals surface area contributed by atoms with Crippen LogP contribution in [0.5, 0.6) is 0 Å². The van der Waals surface area contributed by atoms with Crippen LogP contribution in [0.3, 0.4) is 0 Å². The first-order valence-electron chi connectivity index (χ1n) is 5.25. The number of nitrogens with two attached hydrogens (primary N) is 1. The molecule has 1 saturated carbocycles. The Morgan fingerprint density at radius 3 is 2.85 bits per heavy atom. The van der Waals surface area contributed by atoms with Crippen LogP contribution in [-0.2, 0) is 4.79 Å². The van der Waals surface area contributed by atoms with E-state index in [1.54, 1.807) is 0 Å². The number of likely N-dealkylation sites (tertiary alicyclic amines) is 1. The third-order valence-corrected chi connectivity index (χ3v) is 3.88. The molecular weight excluding hydrogens is 164 g/mol. The molecule has 0 bridgehead atoms. The molecule has 13 heavy (non-hydrogen) atoms. The molecule has 3 heteroatoms. The van der Waals surface area contributed by atoms with Gasteiger partial charge in [0.15, 0.2) is 0 Å². The van der Waals surface area contributed by atoms with E-state index in [1.165, 1.54) is 12.8 Å². The lowest BCUT2D eigenvalue weighted by Crippen LogP contribution is -2.60. The molecule has 2 aliphatic rings. The third kappa shape index (κ3) is 1.03. The van der Waals surface area contributed by atoms with Crippen molar-refractivity contribution in [3.63, 3.8) is 0 Å². The van der Waals surface area contributed by atoms with Gasteiger partial charge in [-0.25, -0.2) is 0 Å². The molecule has 0 aromatic carbocycles. The average Bonchev–Trinajstić information content (AvgIpc) is 2.37. The standard InChI is InChI=1S/C10H18N2O/c1-2-9(13)12-6-4-8-3-5-10(8,12)7-11/h8H,2-7,11H2,1H3. The smallest absolute Gasteiger partial charge is 0.222 e. The highest BCUT2D eigenvalue weighted by Crippen LogP contribution is 2.49. The van der Waals surface area contributed by atoms with Crippen molar-refractivity contribution in [3.05, 3.63) is 0 Å². The van der Waals surface area contributed by atoms with E-state index in [1.807, 2.05) is 11.8 Å². The molecule has 2 atom stereocenters. The van der Waals surface area contributed by atoms with Gasteiger partial charge in [-0.2, -0.15) is 0 Å². The van der Waals surface area contributed by atoms with Crippen LogP contribution >= 0.6 is 0 Å². The number of fused-ring (bicyclic) bond motifs is 1. The predicted octanol–water partition coefficient (Wildman–Crippen LogP) is 0.736. The van der Waals surface area contributed by atoms with E-state index in [9.17, 15) is 4.79 Å². The van der Waals surface area contributed by atoms with Crippen LogP contribution in [-0.4, -0.2) is 29.4 Å². The predicted molar refractivity (Wildman–Crippen MR) is 51.1 cm³/mol. The van der Waals surface area contributed by atoms with E-state index in [-0.39, 0.29) is 11.4 Å². The third-order valence-electron chi connectivity index (χ3n) is 3.88. The molecule has 2 rings (SSSR count). The van der Waals surface area contributed by atoms with Gasteiger partial charge in [0.05, 0.1) is 5.54 Å². The maximum Gasteiger partial charge on any atom is 0.222 e. The largest absolute Gasteiger partial charge is 0.335 e. The van der Waals surface area contributed by atoms with Gasteiger partial charge >= 0.3 is 0 Å². The summed E-state index contributed by atoms with van der Waals surface area (Å²) in [5, 5.41) is 0. The van der Waals surface area contributed by atoms with Crippen LogP contribution in [0.1, 0.15) is 32.6 Å². The van der Waals surface area contributed by atoms with E-state index in [0.717, 1.165) is 13.0 Å². The summed E-state index contributed by atoms with van der Waals surface area (Å²) in [4.78, 5) is 13.7. The highest BCUT2D eigenvalue weighted by atomic mass is 16.2. The van der Waals surface area contributed by atoms with Crippen molar-refractivity contribution in [1.82, 2.24) is 4.90 Å². The Morgan fingerprint density at radius 2 is 2.38 bits per heavy atom. The van der Waals surface area contributed by atoms with Crippen LogP contribution < -0.4 is 5.73 Å². The molecule has 0 radical (unpaired) electrons. The van der Waals surface area contributed by atoms with E-state index in [2.05, 4.69) is 0 Å². The van der Waals surface area contributed by atoms with Crippen LogP contribution in [0.2, 0.25) is 0 Å². The summed E-state index contributed by atoms with van der Waals surface area (Å²) < 4.78 is 0. The summed E-state index contributed by atoms with van der Waals surface area (Å²) in [7, 11) is 0. The first kappa shape index (κ1) is 9.00. The molecule has 0 aromatic heterocycles. The van der Waals surface area contributed by atoms with Crippen LogP contribution in [0.4, 0.5) is 0 Å². The lowest BCUT2D eigenvalue weighted by atomic mass is 9.67. The molecule has 1 amide bonds. The van der Waals surface area contributed by atoms with Crippen LogP contribution in [0.15, 0.2) is 0 Å². The summed E-state index contributed by atoms with van der Waals surface area (Å²) >= 11 is 0. The van der Waals surface area contributed by atoms with Gasteiger partial charge in [-0.05, 0) is 25.2 Å². The molecular formula is C10H18N2O. The molecule has 1 saturated heterocycles. The Bertz CT molecular complexity index is 225. The maximum atomic E-state index is 11.6. The first-order chi connectivity index (χ1) is 6.24. The monoisotopic (exact) mass is 182 g/mol. The number of amides is 1. The fourth-order valence-electron chi connectivity index (χ4n) is 2.90. The summed E-state index contributed by atoms with van der Waals surface area (Å²) in [6.07, 6.45) is 4.18. The molecule has 2 fully saturated rings. The van der Waals surface area contributed by atoms with Crippen molar-refractivity contribution in [2.45, 2.75) is 38.1 Å². The van der Waals surface area contributed by atoms with Gasteiger partial charge in [0.1, 0.15) is 0 Å². The topological polar surface area (TPSA) is 46.3 Å². The molecule has 1 aliphatic carbocycles. The lowest BCUT2D eigenvalue weighted by Gasteiger charge is -2.49. The molecule has 2 N–H and O–H groups in total. The van der Waals surface area contributed by atoms with Crippen molar-refractivity contribution < 1.29 is 4.79 Å². The average molecular weight is 182 g/mol. The highest BCUT2D eigenvalue weighted by molar-refractivity contribution is 5.77. The van der Waals surface area contributed by atoms with Gasteiger partial charge in [-0.1, -0.05) is 6.92 Å². The number of nitrogens with zero attached hydrogens (tertiary/aromatic N) is 1. The van der Waals surface area contributed by atoms with Gasteiger partial charge < -0.3 is 10.6 Å². The van der Waals surface area contributed by atoms with Crippen molar-refractivity contribution in [2.75, 3.05) is 13.1 Å². The second-order valence-electron chi connectivity index (χ2n) is 4.23. The molecule has 1 heterocycles. The quantitative estimate of drug-likeness (QED) is 0.684. The van der Waals surface area contributed by atoms with Crippen molar-refractivity contribution >= 4 is 5.91 Å². The zero-order valence-electron chi connectivity index (χ0n) is 8.25. The number of carbonyl (C=O) groups excluding carboxylic acids is 1. The minimum atomic E-state index is 0.0765. The van der Waals surface area contributed by atoms with Crippen LogP contribution in [0, 0.1) is 5.92 Å². The second kappa shape index (κ2) is 2.98. The number of carbonyl (C=O) groups is 1. The normalized spacial score (nSPS) is 37.1. The minimum absolute atomic E-state index is 0.0765. The van der Waals surface area contributed by atoms with Crippen molar-refractivity contribution in [1.29, 1.82) is 0 Å². The van der Waals surface area contributed by atoms with E-state index in [0.29, 0.717) is 18.9 Å². The van der Waals surface area contributed by atoms with E-state index in [4.69, 9.17) is 5.73 Å².